The van der Waals surface area contributed by atoms with Crippen LogP contribution in [-0.4, -0.2) is 10.5 Å². The molecule has 0 fully saturated rings. The molecule has 106 valence electrons. The molecule has 0 spiro atoms. The summed E-state index contributed by atoms with van der Waals surface area (Å²) in [5.74, 6) is 1.37. The van der Waals surface area contributed by atoms with Crippen molar-refractivity contribution < 1.29 is 4.74 Å². The molecule has 0 aliphatic heterocycles. The zero-order valence-electron chi connectivity index (χ0n) is 12.0. The van der Waals surface area contributed by atoms with E-state index in [9.17, 15) is 0 Å². The molecule has 1 N–H and O–H groups in total. The summed E-state index contributed by atoms with van der Waals surface area (Å²) in [5.41, 5.74) is 1.24. The van der Waals surface area contributed by atoms with Crippen molar-refractivity contribution >= 4 is 15.9 Å². The fourth-order valence-electron chi connectivity index (χ4n) is 1.59. The van der Waals surface area contributed by atoms with Gasteiger partial charge in [0, 0.05) is 28.8 Å². The first-order valence-electron chi connectivity index (χ1n) is 6.56. The fraction of sp³-hybridized carbons (Fsp3) is 0.312. The smallest absolute Gasteiger partial charge is 0.219 e. The van der Waals surface area contributed by atoms with Gasteiger partial charge in [0.2, 0.25) is 5.88 Å². The van der Waals surface area contributed by atoms with Crippen LogP contribution in [0.15, 0.2) is 47.1 Å². The number of hydrogen-bond acceptors (Lipinski definition) is 3. The summed E-state index contributed by atoms with van der Waals surface area (Å²) in [4.78, 5) is 4.33. The van der Waals surface area contributed by atoms with Crippen LogP contribution in [0, 0.1) is 0 Å². The first-order valence-corrected chi connectivity index (χ1v) is 7.35. The van der Waals surface area contributed by atoms with E-state index in [-0.39, 0.29) is 5.54 Å². The Morgan fingerprint density at radius 3 is 2.60 bits per heavy atom. The minimum Gasteiger partial charge on any atom is -0.439 e. The van der Waals surface area contributed by atoms with Crippen molar-refractivity contribution in [2.24, 2.45) is 0 Å². The second kappa shape index (κ2) is 6.37. The van der Waals surface area contributed by atoms with Gasteiger partial charge >= 0.3 is 0 Å². The van der Waals surface area contributed by atoms with Crippen molar-refractivity contribution in [1.29, 1.82) is 0 Å². The van der Waals surface area contributed by atoms with Crippen LogP contribution in [0.25, 0.3) is 0 Å². The molecule has 0 saturated carbocycles. The molecule has 0 aliphatic carbocycles. The average molecular weight is 335 g/mol. The van der Waals surface area contributed by atoms with Crippen LogP contribution >= 0.6 is 15.9 Å². The van der Waals surface area contributed by atoms with Crippen molar-refractivity contribution in [3.05, 3.63) is 52.6 Å². The highest BCUT2D eigenvalue weighted by atomic mass is 79.9. The number of nitrogens with one attached hydrogen (secondary N) is 1. The molecule has 0 radical (unpaired) electrons. The molecule has 0 bridgehead atoms. The summed E-state index contributed by atoms with van der Waals surface area (Å²) in [6.07, 6.45) is 1.84. The standard InChI is InChI=1S/C16H19BrN2O/c1-16(2,3)19-11-12-7-8-15(18-10-12)20-14-6-4-5-13(17)9-14/h4-10,19H,11H2,1-3H3. The van der Waals surface area contributed by atoms with Crippen LogP contribution in [0.4, 0.5) is 0 Å². The molecule has 0 amide bonds. The average Bonchev–Trinajstić information content (AvgIpc) is 2.37. The number of benzene rings is 1. The Labute approximate surface area is 128 Å². The third-order valence-corrected chi connectivity index (χ3v) is 3.13. The van der Waals surface area contributed by atoms with Crippen LogP contribution in [0.3, 0.4) is 0 Å². The predicted molar refractivity (Wildman–Crippen MR) is 85.0 cm³/mol. The van der Waals surface area contributed by atoms with E-state index < -0.39 is 0 Å². The van der Waals surface area contributed by atoms with Gasteiger partial charge in [-0.3, -0.25) is 0 Å². The quantitative estimate of drug-likeness (QED) is 0.892. The van der Waals surface area contributed by atoms with Crippen molar-refractivity contribution in [3.8, 4) is 11.6 Å². The van der Waals surface area contributed by atoms with Crippen LogP contribution in [0.5, 0.6) is 11.6 Å². The Bertz CT molecular complexity index is 561. The number of ether oxygens (including phenoxy) is 1. The highest BCUT2D eigenvalue weighted by Crippen LogP contribution is 2.22. The summed E-state index contributed by atoms with van der Waals surface area (Å²) in [6.45, 7) is 7.23. The van der Waals surface area contributed by atoms with Gasteiger partial charge in [-0.15, -0.1) is 0 Å². The fourth-order valence-corrected chi connectivity index (χ4v) is 1.97. The van der Waals surface area contributed by atoms with E-state index in [0.29, 0.717) is 5.88 Å². The summed E-state index contributed by atoms with van der Waals surface area (Å²) in [6, 6.07) is 11.6. The maximum absolute atomic E-state index is 5.70. The maximum Gasteiger partial charge on any atom is 0.219 e. The largest absolute Gasteiger partial charge is 0.439 e. The molecule has 3 nitrogen and oxygen atoms in total. The highest BCUT2D eigenvalue weighted by Gasteiger charge is 2.08. The van der Waals surface area contributed by atoms with Crippen molar-refractivity contribution in [2.75, 3.05) is 0 Å². The van der Waals surface area contributed by atoms with Crippen LogP contribution in [-0.2, 0) is 6.54 Å². The molecule has 0 aliphatic rings. The Morgan fingerprint density at radius 2 is 2.00 bits per heavy atom. The number of rotatable bonds is 4. The molecule has 1 aromatic carbocycles. The first-order chi connectivity index (χ1) is 9.42. The Morgan fingerprint density at radius 1 is 1.20 bits per heavy atom. The highest BCUT2D eigenvalue weighted by molar-refractivity contribution is 9.10. The Kier molecular flexibility index (Phi) is 4.78. The lowest BCUT2D eigenvalue weighted by Crippen LogP contribution is -2.35. The van der Waals surface area contributed by atoms with E-state index in [2.05, 4.69) is 47.0 Å². The van der Waals surface area contributed by atoms with Gasteiger partial charge in [-0.05, 0) is 44.5 Å². The van der Waals surface area contributed by atoms with Gasteiger partial charge in [-0.2, -0.15) is 0 Å². The van der Waals surface area contributed by atoms with E-state index in [1.807, 2.05) is 42.6 Å². The Balaban J connectivity index is 1.98. The van der Waals surface area contributed by atoms with Gasteiger partial charge in [-0.25, -0.2) is 4.98 Å². The molecule has 1 heterocycles. The van der Waals surface area contributed by atoms with Gasteiger partial charge in [0.1, 0.15) is 5.75 Å². The lowest BCUT2D eigenvalue weighted by molar-refractivity contribution is 0.423. The predicted octanol–water partition coefficient (Wildman–Crippen LogP) is 4.52. The number of hydrogen-bond donors (Lipinski definition) is 1. The number of halogens is 1. The monoisotopic (exact) mass is 334 g/mol. The molecule has 0 unspecified atom stereocenters. The molecular weight excluding hydrogens is 316 g/mol. The second-order valence-corrected chi connectivity index (χ2v) is 6.58. The van der Waals surface area contributed by atoms with Crippen LogP contribution < -0.4 is 10.1 Å². The van der Waals surface area contributed by atoms with E-state index in [1.165, 1.54) is 0 Å². The molecule has 1 aromatic heterocycles. The summed E-state index contributed by atoms with van der Waals surface area (Å²) in [5, 5.41) is 3.43. The SMILES string of the molecule is CC(C)(C)NCc1ccc(Oc2cccc(Br)c2)nc1. The van der Waals surface area contributed by atoms with Gasteiger partial charge in [0.15, 0.2) is 0 Å². The van der Waals surface area contributed by atoms with E-state index >= 15 is 0 Å². The topological polar surface area (TPSA) is 34.1 Å². The third kappa shape index (κ3) is 4.94. The molecule has 20 heavy (non-hydrogen) atoms. The summed E-state index contributed by atoms with van der Waals surface area (Å²) >= 11 is 3.42. The first kappa shape index (κ1) is 15.0. The lowest BCUT2D eigenvalue weighted by atomic mass is 10.1. The number of nitrogens with zero attached hydrogens (tertiary/aromatic N) is 1. The van der Waals surface area contributed by atoms with E-state index in [1.54, 1.807) is 0 Å². The van der Waals surface area contributed by atoms with Gasteiger partial charge < -0.3 is 10.1 Å². The van der Waals surface area contributed by atoms with E-state index in [0.717, 1.165) is 22.3 Å². The van der Waals surface area contributed by atoms with Crippen molar-refractivity contribution in [1.82, 2.24) is 10.3 Å². The molecule has 0 atom stereocenters. The van der Waals surface area contributed by atoms with Gasteiger partial charge in [0.25, 0.3) is 0 Å². The molecular formula is C16H19BrN2O. The summed E-state index contributed by atoms with van der Waals surface area (Å²) < 4.78 is 6.69. The zero-order chi connectivity index (χ0) is 14.6. The minimum atomic E-state index is 0.103. The number of pyridine rings is 1. The molecule has 4 heteroatoms. The molecule has 2 rings (SSSR count). The normalized spacial score (nSPS) is 11.4. The molecule has 2 aromatic rings. The Hall–Kier alpha value is -1.39. The minimum absolute atomic E-state index is 0.103. The second-order valence-electron chi connectivity index (χ2n) is 5.67. The van der Waals surface area contributed by atoms with Crippen molar-refractivity contribution in [2.45, 2.75) is 32.9 Å². The summed E-state index contributed by atoms with van der Waals surface area (Å²) in [7, 11) is 0. The van der Waals surface area contributed by atoms with E-state index in [4.69, 9.17) is 4.74 Å². The van der Waals surface area contributed by atoms with Gasteiger partial charge in [0.05, 0.1) is 0 Å². The third-order valence-electron chi connectivity index (χ3n) is 2.64. The number of aromatic nitrogens is 1. The maximum atomic E-state index is 5.70. The van der Waals surface area contributed by atoms with Gasteiger partial charge in [-0.1, -0.05) is 28.1 Å². The van der Waals surface area contributed by atoms with Crippen molar-refractivity contribution in [3.63, 3.8) is 0 Å². The zero-order valence-corrected chi connectivity index (χ0v) is 13.6. The van der Waals surface area contributed by atoms with Crippen LogP contribution in [0.2, 0.25) is 0 Å². The van der Waals surface area contributed by atoms with Crippen LogP contribution in [0.1, 0.15) is 26.3 Å². The lowest BCUT2D eigenvalue weighted by Gasteiger charge is -2.20. The molecule has 0 saturated heterocycles.